The van der Waals surface area contributed by atoms with Gasteiger partial charge in [-0.05, 0) is 61.4 Å². The number of methoxy groups -OCH3 is 1. The van der Waals surface area contributed by atoms with Crippen molar-refractivity contribution in [2.45, 2.75) is 13.8 Å². The van der Waals surface area contributed by atoms with Gasteiger partial charge >= 0.3 is 5.97 Å². The molecule has 2 aromatic carbocycles. The molecule has 0 aliphatic carbocycles. The molecule has 1 amide bonds. The Kier molecular flexibility index (Phi) is 5.03. The Balaban J connectivity index is 1.91. The number of carbonyl (C=O) groups excluding carboxylic acids is 2. The van der Waals surface area contributed by atoms with Crippen LogP contribution in [-0.2, 0) is 4.74 Å². The van der Waals surface area contributed by atoms with Gasteiger partial charge in [0, 0.05) is 11.4 Å². The Bertz CT molecular complexity index is 1010. The Morgan fingerprint density at radius 3 is 2.52 bits per heavy atom. The molecule has 0 fully saturated rings. The van der Waals surface area contributed by atoms with Gasteiger partial charge in [0.15, 0.2) is 0 Å². The van der Waals surface area contributed by atoms with Crippen LogP contribution in [0.4, 0.5) is 10.1 Å². The van der Waals surface area contributed by atoms with E-state index in [9.17, 15) is 14.0 Å². The number of nitrogens with one attached hydrogen (secondary N) is 1. The van der Waals surface area contributed by atoms with Crippen molar-refractivity contribution >= 4 is 17.6 Å². The number of nitrogens with zero attached hydrogens (tertiary/aromatic N) is 2. The van der Waals surface area contributed by atoms with E-state index in [1.165, 1.54) is 31.8 Å². The van der Waals surface area contributed by atoms with Crippen LogP contribution in [0.3, 0.4) is 0 Å². The molecule has 0 bridgehead atoms. The Labute approximate surface area is 155 Å². The summed E-state index contributed by atoms with van der Waals surface area (Å²) in [7, 11) is 1.31. The molecule has 0 unspecified atom stereocenters. The second-order valence-electron chi connectivity index (χ2n) is 6.04. The smallest absolute Gasteiger partial charge is 0.338 e. The molecule has 138 valence electrons. The van der Waals surface area contributed by atoms with Crippen LogP contribution in [0.1, 0.15) is 32.0 Å². The lowest BCUT2D eigenvalue weighted by atomic mass is 10.0. The summed E-state index contributed by atoms with van der Waals surface area (Å²) in [6, 6.07) is 9.08. The molecule has 7 heteroatoms. The number of halogens is 1. The Morgan fingerprint density at radius 1 is 1.15 bits per heavy atom. The molecular formula is C20H18FN3O3. The first kappa shape index (κ1) is 18.3. The molecule has 27 heavy (non-hydrogen) atoms. The van der Waals surface area contributed by atoms with Gasteiger partial charge in [0.1, 0.15) is 11.5 Å². The normalized spacial score (nSPS) is 10.5. The molecule has 0 atom stereocenters. The number of amides is 1. The lowest BCUT2D eigenvalue weighted by Crippen LogP contribution is -2.17. The van der Waals surface area contributed by atoms with Gasteiger partial charge in [-0.25, -0.2) is 14.2 Å². The van der Waals surface area contributed by atoms with E-state index >= 15 is 0 Å². The molecule has 0 radical (unpaired) electrons. The molecule has 1 N–H and O–H groups in total. The summed E-state index contributed by atoms with van der Waals surface area (Å²) in [4.78, 5) is 28.7. The lowest BCUT2D eigenvalue weighted by Gasteiger charge is -2.13. The van der Waals surface area contributed by atoms with Crippen molar-refractivity contribution in [3.63, 3.8) is 0 Å². The summed E-state index contributed by atoms with van der Waals surface area (Å²) in [5.41, 5.74) is 3.38. The number of hydrogen-bond acceptors (Lipinski definition) is 4. The van der Waals surface area contributed by atoms with E-state index < -0.39 is 11.9 Å². The van der Waals surface area contributed by atoms with Crippen molar-refractivity contribution in [1.29, 1.82) is 0 Å². The number of benzene rings is 2. The highest BCUT2D eigenvalue weighted by molar-refractivity contribution is 6.04. The first-order chi connectivity index (χ1) is 12.9. The van der Waals surface area contributed by atoms with Crippen LogP contribution in [0, 0.1) is 19.7 Å². The van der Waals surface area contributed by atoms with Crippen molar-refractivity contribution in [3.05, 3.63) is 77.1 Å². The van der Waals surface area contributed by atoms with Gasteiger partial charge in [-0.3, -0.25) is 9.36 Å². The van der Waals surface area contributed by atoms with E-state index in [0.717, 1.165) is 11.1 Å². The molecule has 3 rings (SSSR count). The summed E-state index contributed by atoms with van der Waals surface area (Å²) in [6.07, 6.45) is 2.89. The first-order valence-corrected chi connectivity index (χ1v) is 8.20. The first-order valence-electron chi connectivity index (χ1n) is 8.20. The number of imidazole rings is 1. The molecule has 3 aromatic rings. The van der Waals surface area contributed by atoms with Gasteiger partial charge in [0.25, 0.3) is 5.91 Å². The monoisotopic (exact) mass is 367 g/mol. The SMILES string of the molecule is COC(=O)c1cc(NC(=O)c2cncn2-c2ccc(F)cc2)cc(C)c1C. The maximum Gasteiger partial charge on any atom is 0.338 e. The number of anilines is 1. The highest BCUT2D eigenvalue weighted by Gasteiger charge is 2.17. The van der Waals surface area contributed by atoms with E-state index in [4.69, 9.17) is 4.74 Å². The largest absolute Gasteiger partial charge is 0.465 e. The fourth-order valence-electron chi connectivity index (χ4n) is 2.72. The summed E-state index contributed by atoms with van der Waals surface area (Å²) >= 11 is 0. The van der Waals surface area contributed by atoms with Crippen molar-refractivity contribution in [1.82, 2.24) is 9.55 Å². The van der Waals surface area contributed by atoms with Gasteiger partial charge in [-0.1, -0.05) is 0 Å². The van der Waals surface area contributed by atoms with Crippen LogP contribution < -0.4 is 5.32 Å². The number of esters is 1. The number of aromatic nitrogens is 2. The van der Waals surface area contributed by atoms with Crippen LogP contribution in [0.15, 0.2) is 48.9 Å². The van der Waals surface area contributed by atoms with Gasteiger partial charge in [-0.15, -0.1) is 0 Å². The molecule has 0 aliphatic rings. The Morgan fingerprint density at radius 2 is 1.85 bits per heavy atom. The van der Waals surface area contributed by atoms with Crippen molar-refractivity contribution < 1.29 is 18.7 Å². The van der Waals surface area contributed by atoms with Gasteiger partial charge in [0.2, 0.25) is 0 Å². The minimum Gasteiger partial charge on any atom is -0.465 e. The zero-order valence-corrected chi connectivity index (χ0v) is 15.1. The highest BCUT2D eigenvalue weighted by atomic mass is 19.1. The third-order valence-corrected chi connectivity index (χ3v) is 4.31. The molecular weight excluding hydrogens is 349 g/mol. The maximum absolute atomic E-state index is 13.1. The predicted octanol–water partition coefficient (Wildman–Crippen LogP) is 3.67. The molecule has 0 spiro atoms. The van der Waals surface area contributed by atoms with Crippen LogP contribution in [-0.4, -0.2) is 28.5 Å². The molecule has 0 saturated carbocycles. The van der Waals surface area contributed by atoms with Gasteiger partial charge in [-0.2, -0.15) is 0 Å². The summed E-state index contributed by atoms with van der Waals surface area (Å²) in [6.45, 7) is 3.66. The zero-order valence-electron chi connectivity index (χ0n) is 15.1. The van der Waals surface area contributed by atoms with Gasteiger partial charge < -0.3 is 10.1 Å². The van der Waals surface area contributed by atoms with E-state index in [1.807, 2.05) is 13.8 Å². The number of carbonyl (C=O) groups is 2. The fraction of sp³-hybridized carbons (Fsp3) is 0.150. The van der Waals surface area contributed by atoms with Crippen LogP contribution in [0.5, 0.6) is 0 Å². The third kappa shape index (κ3) is 3.72. The lowest BCUT2D eigenvalue weighted by molar-refractivity contribution is 0.0599. The quantitative estimate of drug-likeness (QED) is 0.714. The van der Waals surface area contributed by atoms with Crippen LogP contribution in [0.2, 0.25) is 0 Å². The molecule has 0 aliphatic heterocycles. The third-order valence-electron chi connectivity index (χ3n) is 4.31. The minimum atomic E-state index is -0.469. The van der Waals surface area contributed by atoms with Gasteiger partial charge in [0.05, 0.1) is 25.2 Å². The topological polar surface area (TPSA) is 73.2 Å². The molecule has 1 heterocycles. The van der Waals surface area contributed by atoms with Crippen molar-refractivity contribution in [2.24, 2.45) is 0 Å². The fourth-order valence-corrected chi connectivity index (χ4v) is 2.72. The molecule has 6 nitrogen and oxygen atoms in total. The van der Waals surface area contributed by atoms with E-state index in [-0.39, 0.29) is 11.5 Å². The second-order valence-corrected chi connectivity index (χ2v) is 6.04. The zero-order chi connectivity index (χ0) is 19.6. The number of aryl methyl sites for hydroxylation is 1. The Hall–Kier alpha value is -3.48. The van der Waals surface area contributed by atoms with Crippen molar-refractivity contribution in [2.75, 3.05) is 12.4 Å². The standard InChI is InChI=1S/C20H18FN3O3/c1-12-8-15(9-17(13(12)2)20(26)27-3)23-19(25)18-10-22-11-24(18)16-6-4-14(21)5-7-16/h4-11H,1-3H3,(H,23,25). The van der Waals surface area contributed by atoms with E-state index in [0.29, 0.717) is 16.9 Å². The summed E-state index contributed by atoms with van der Waals surface area (Å²) < 4.78 is 19.5. The highest BCUT2D eigenvalue weighted by Crippen LogP contribution is 2.22. The predicted molar refractivity (Wildman–Crippen MR) is 98.7 cm³/mol. The number of rotatable bonds is 4. The second kappa shape index (κ2) is 7.41. The summed E-state index contributed by atoms with van der Waals surface area (Å²) in [5.74, 6) is -1.24. The number of ether oxygens (including phenoxy) is 1. The maximum atomic E-state index is 13.1. The summed E-state index contributed by atoms with van der Waals surface area (Å²) in [5, 5.41) is 2.77. The van der Waals surface area contributed by atoms with Crippen molar-refractivity contribution in [3.8, 4) is 5.69 Å². The van der Waals surface area contributed by atoms with E-state index in [2.05, 4.69) is 10.3 Å². The molecule has 1 aromatic heterocycles. The minimum absolute atomic E-state index is 0.277. The van der Waals surface area contributed by atoms with Crippen LogP contribution >= 0.6 is 0 Å². The molecule has 0 saturated heterocycles. The average molecular weight is 367 g/mol. The average Bonchev–Trinajstić information content (AvgIpc) is 3.14. The van der Waals surface area contributed by atoms with Crippen LogP contribution in [0.25, 0.3) is 5.69 Å². The van der Waals surface area contributed by atoms with E-state index in [1.54, 1.807) is 28.8 Å². The number of hydrogen-bond donors (Lipinski definition) is 1.